The van der Waals surface area contributed by atoms with Gasteiger partial charge in [0.05, 0.1) is 17.2 Å². The average molecular weight is 302 g/mol. The van der Waals surface area contributed by atoms with Gasteiger partial charge >= 0.3 is 0 Å². The Bertz CT molecular complexity index is 617. The fourth-order valence-corrected chi connectivity index (χ4v) is 1.61. The number of hydrogen-bond donors (Lipinski definition) is 1. The molecule has 5 heteroatoms. The predicted molar refractivity (Wildman–Crippen MR) is 71.0 cm³/mol. The number of nitriles is 1. The van der Waals surface area contributed by atoms with E-state index in [2.05, 4.69) is 26.2 Å². The van der Waals surface area contributed by atoms with Gasteiger partial charge in [0.25, 0.3) is 5.91 Å². The average Bonchev–Trinajstić information content (AvgIpc) is 2.39. The summed E-state index contributed by atoms with van der Waals surface area (Å²) in [5.41, 5.74) is 1.55. The number of amides is 1. The summed E-state index contributed by atoms with van der Waals surface area (Å²) in [5, 5.41) is 11.5. The molecule has 88 valence electrons. The smallest absolute Gasteiger partial charge is 0.257 e. The molecule has 0 radical (unpaired) electrons. The molecule has 0 saturated heterocycles. The Labute approximate surface area is 112 Å². The Morgan fingerprint density at radius 3 is 2.83 bits per heavy atom. The summed E-state index contributed by atoms with van der Waals surface area (Å²) in [5.74, 6) is -0.259. The molecule has 0 fully saturated rings. The van der Waals surface area contributed by atoms with Gasteiger partial charge in [-0.05, 0) is 46.3 Å². The molecule has 1 amide bonds. The predicted octanol–water partition coefficient (Wildman–Crippen LogP) is 2.97. The zero-order chi connectivity index (χ0) is 13.0. The van der Waals surface area contributed by atoms with Gasteiger partial charge in [-0.2, -0.15) is 5.26 Å². The molecule has 0 saturated carbocycles. The van der Waals surface area contributed by atoms with Crippen LogP contribution in [0.5, 0.6) is 0 Å². The lowest BCUT2D eigenvalue weighted by molar-refractivity contribution is 0.102. The first kappa shape index (κ1) is 12.3. The van der Waals surface area contributed by atoms with Crippen molar-refractivity contribution in [2.75, 3.05) is 5.32 Å². The standard InChI is InChI=1S/C13H8BrN3O/c14-12-5-4-10(8-16-12)13(18)17-11-3-1-2-9(6-11)7-15/h1-6,8H,(H,17,18). The summed E-state index contributed by atoms with van der Waals surface area (Å²) in [6.07, 6.45) is 1.48. The normalized spacial score (nSPS) is 9.56. The number of nitrogens with one attached hydrogen (secondary N) is 1. The molecule has 0 bridgehead atoms. The lowest BCUT2D eigenvalue weighted by Crippen LogP contribution is -2.12. The van der Waals surface area contributed by atoms with Crippen LogP contribution in [0.15, 0.2) is 47.2 Å². The van der Waals surface area contributed by atoms with E-state index in [4.69, 9.17) is 5.26 Å². The third kappa shape index (κ3) is 2.93. The molecule has 1 heterocycles. The number of nitrogens with zero attached hydrogens (tertiary/aromatic N) is 2. The van der Waals surface area contributed by atoms with Crippen LogP contribution in [0.3, 0.4) is 0 Å². The van der Waals surface area contributed by atoms with E-state index in [1.807, 2.05) is 6.07 Å². The van der Waals surface area contributed by atoms with Crippen LogP contribution in [0.2, 0.25) is 0 Å². The van der Waals surface area contributed by atoms with Crippen LogP contribution in [-0.2, 0) is 0 Å². The molecule has 0 aliphatic rings. The van der Waals surface area contributed by atoms with Crippen LogP contribution in [0.4, 0.5) is 5.69 Å². The highest BCUT2D eigenvalue weighted by Crippen LogP contribution is 2.12. The molecule has 2 aromatic rings. The van der Waals surface area contributed by atoms with Crippen molar-refractivity contribution in [3.63, 3.8) is 0 Å². The number of pyridine rings is 1. The Kier molecular flexibility index (Phi) is 3.70. The van der Waals surface area contributed by atoms with Crippen LogP contribution >= 0.6 is 15.9 Å². The number of benzene rings is 1. The first-order valence-corrected chi connectivity index (χ1v) is 5.91. The van der Waals surface area contributed by atoms with Crippen molar-refractivity contribution in [3.05, 3.63) is 58.3 Å². The minimum atomic E-state index is -0.259. The summed E-state index contributed by atoms with van der Waals surface area (Å²) in [6.45, 7) is 0. The molecule has 0 unspecified atom stereocenters. The summed E-state index contributed by atoms with van der Waals surface area (Å²) in [7, 11) is 0. The Morgan fingerprint density at radius 1 is 1.33 bits per heavy atom. The number of carbonyl (C=O) groups is 1. The zero-order valence-electron chi connectivity index (χ0n) is 9.22. The Morgan fingerprint density at radius 2 is 2.17 bits per heavy atom. The van der Waals surface area contributed by atoms with Crippen LogP contribution in [0.25, 0.3) is 0 Å². The van der Waals surface area contributed by atoms with E-state index >= 15 is 0 Å². The monoisotopic (exact) mass is 301 g/mol. The van der Waals surface area contributed by atoms with Crippen molar-refractivity contribution in [1.82, 2.24) is 4.98 Å². The zero-order valence-corrected chi connectivity index (χ0v) is 10.8. The van der Waals surface area contributed by atoms with Gasteiger partial charge in [0, 0.05) is 11.9 Å². The highest BCUT2D eigenvalue weighted by molar-refractivity contribution is 9.10. The largest absolute Gasteiger partial charge is 0.322 e. The third-order valence-corrected chi connectivity index (χ3v) is 2.71. The van der Waals surface area contributed by atoms with E-state index in [1.165, 1.54) is 6.20 Å². The highest BCUT2D eigenvalue weighted by Gasteiger charge is 2.06. The van der Waals surface area contributed by atoms with Crippen molar-refractivity contribution < 1.29 is 4.79 Å². The molecule has 1 N–H and O–H groups in total. The van der Waals surface area contributed by atoms with Crippen molar-refractivity contribution >= 4 is 27.5 Å². The van der Waals surface area contributed by atoms with Crippen LogP contribution in [0, 0.1) is 11.3 Å². The molecule has 0 aliphatic carbocycles. The minimum Gasteiger partial charge on any atom is -0.322 e. The van der Waals surface area contributed by atoms with E-state index in [0.717, 1.165) is 0 Å². The lowest BCUT2D eigenvalue weighted by atomic mass is 10.2. The first-order valence-electron chi connectivity index (χ1n) is 5.12. The summed E-state index contributed by atoms with van der Waals surface area (Å²) in [6, 6.07) is 12.1. The molecule has 4 nitrogen and oxygen atoms in total. The SMILES string of the molecule is N#Cc1cccc(NC(=O)c2ccc(Br)nc2)c1. The molecular formula is C13H8BrN3O. The van der Waals surface area contributed by atoms with E-state index in [0.29, 0.717) is 21.4 Å². The van der Waals surface area contributed by atoms with Crippen LogP contribution < -0.4 is 5.32 Å². The van der Waals surface area contributed by atoms with E-state index in [-0.39, 0.29) is 5.91 Å². The van der Waals surface area contributed by atoms with Gasteiger partial charge in [-0.15, -0.1) is 0 Å². The summed E-state index contributed by atoms with van der Waals surface area (Å²) in [4.78, 5) is 15.9. The van der Waals surface area contributed by atoms with Gasteiger partial charge < -0.3 is 5.32 Å². The van der Waals surface area contributed by atoms with Gasteiger partial charge in [0.15, 0.2) is 0 Å². The first-order chi connectivity index (χ1) is 8.69. The fourth-order valence-electron chi connectivity index (χ4n) is 1.38. The second kappa shape index (κ2) is 5.43. The van der Waals surface area contributed by atoms with Gasteiger partial charge in [-0.3, -0.25) is 4.79 Å². The van der Waals surface area contributed by atoms with E-state index in [1.54, 1.807) is 36.4 Å². The number of rotatable bonds is 2. The van der Waals surface area contributed by atoms with E-state index in [9.17, 15) is 4.79 Å². The second-order valence-corrected chi connectivity index (χ2v) is 4.33. The molecule has 2 rings (SSSR count). The quantitative estimate of drug-likeness (QED) is 0.867. The van der Waals surface area contributed by atoms with Gasteiger partial charge in [-0.25, -0.2) is 4.98 Å². The maximum absolute atomic E-state index is 11.9. The van der Waals surface area contributed by atoms with Crippen LogP contribution in [-0.4, -0.2) is 10.9 Å². The third-order valence-electron chi connectivity index (χ3n) is 2.24. The van der Waals surface area contributed by atoms with Crippen molar-refractivity contribution in [1.29, 1.82) is 5.26 Å². The van der Waals surface area contributed by atoms with Crippen molar-refractivity contribution in [2.45, 2.75) is 0 Å². The Hall–Kier alpha value is -2.19. The fraction of sp³-hybridized carbons (Fsp3) is 0. The number of halogens is 1. The highest BCUT2D eigenvalue weighted by atomic mass is 79.9. The molecule has 18 heavy (non-hydrogen) atoms. The maximum atomic E-state index is 11.9. The number of carbonyl (C=O) groups excluding carboxylic acids is 1. The molecule has 0 atom stereocenters. The number of aromatic nitrogens is 1. The van der Waals surface area contributed by atoms with Crippen molar-refractivity contribution in [3.8, 4) is 6.07 Å². The molecule has 1 aromatic carbocycles. The molecular weight excluding hydrogens is 294 g/mol. The second-order valence-electron chi connectivity index (χ2n) is 3.52. The molecule has 0 spiro atoms. The lowest BCUT2D eigenvalue weighted by Gasteiger charge is -2.05. The minimum absolute atomic E-state index is 0.259. The van der Waals surface area contributed by atoms with E-state index < -0.39 is 0 Å². The van der Waals surface area contributed by atoms with Gasteiger partial charge in [-0.1, -0.05) is 6.07 Å². The van der Waals surface area contributed by atoms with Gasteiger partial charge in [0.2, 0.25) is 0 Å². The summed E-state index contributed by atoms with van der Waals surface area (Å²) < 4.78 is 0.672. The Balaban J connectivity index is 2.16. The van der Waals surface area contributed by atoms with Crippen molar-refractivity contribution in [2.24, 2.45) is 0 Å². The number of hydrogen-bond acceptors (Lipinski definition) is 3. The maximum Gasteiger partial charge on any atom is 0.257 e. The summed E-state index contributed by atoms with van der Waals surface area (Å²) >= 11 is 3.20. The molecule has 0 aliphatic heterocycles. The molecule has 1 aromatic heterocycles. The number of anilines is 1. The topological polar surface area (TPSA) is 65.8 Å². The van der Waals surface area contributed by atoms with Gasteiger partial charge in [0.1, 0.15) is 4.60 Å². The van der Waals surface area contributed by atoms with Crippen LogP contribution in [0.1, 0.15) is 15.9 Å².